The van der Waals surface area contributed by atoms with Gasteiger partial charge in [0.1, 0.15) is 6.07 Å². The van der Waals surface area contributed by atoms with Crippen molar-refractivity contribution in [2.24, 2.45) is 0 Å². The van der Waals surface area contributed by atoms with Crippen LogP contribution in [0.3, 0.4) is 0 Å². The first kappa shape index (κ1) is 11.6. The van der Waals surface area contributed by atoms with Crippen molar-refractivity contribution in [3.63, 3.8) is 0 Å². The molecule has 0 saturated heterocycles. The molecule has 1 heterocycles. The van der Waals surface area contributed by atoms with Crippen molar-refractivity contribution < 1.29 is 4.74 Å². The van der Waals surface area contributed by atoms with E-state index < -0.39 is 0 Å². The minimum atomic E-state index is 0.0811. The molecule has 0 atom stereocenters. The van der Waals surface area contributed by atoms with Crippen molar-refractivity contribution in [1.29, 1.82) is 5.26 Å². The van der Waals surface area contributed by atoms with Crippen LogP contribution >= 0.6 is 15.9 Å². The molecule has 0 aliphatic rings. The predicted molar refractivity (Wildman–Crippen MR) is 67.5 cm³/mol. The molecule has 2 aromatic rings. The number of nitrogen functional groups attached to an aromatic ring is 1. The summed E-state index contributed by atoms with van der Waals surface area (Å²) in [6.07, 6.45) is 0. The topological polar surface area (TPSA) is 84.8 Å². The van der Waals surface area contributed by atoms with Gasteiger partial charge in [0.2, 0.25) is 11.7 Å². The first-order valence-corrected chi connectivity index (χ1v) is 5.75. The van der Waals surface area contributed by atoms with E-state index in [1.807, 2.05) is 13.0 Å². The second-order valence-corrected chi connectivity index (χ2v) is 4.05. The smallest absolute Gasteiger partial charge is 0.236 e. The minimum absolute atomic E-state index is 0.0811. The van der Waals surface area contributed by atoms with Gasteiger partial charge in [0.25, 0.3) is 0 Å². The Kier molecular flexibility index (Phi) is 3.11. The summed E-state index contributed by atoms with van der Waals surface area (Å²) >= 11 is 3.38. The summed E-state index contributed by atoms with van der Waals surface area (Å²) in [7, 11) is 0. The number of ether oxygens (including phenoxy) is 1. The fraction of sp³-hybridized carbons (Fsp3) is 0.182. The minimum Gasteiger partial charge on any atom is -0.477 e. The number of rotatable bonds is 2. The van der Waals surface area contributed by atoms with Gasteiger partial charge < -0.3 is 10.5 Å². The second kappa shape index (κ2) is 4.55. The lowest BCUT2D eigenvalue weighted by Crippen LogP contribution is -2.01. The number of fused-ring (bicyclic) bond motifs is 1. The standard InChI is InChI=1S/C11H9BrN4O/c1-2-17-11-9-7(15-8(5-13)16-11)4-3-6(14)10(9)12/h3-4H,2,14H2,1H3. The van der Waals surface area contributed by atoms with Crippen LogP contribution in [0.2, 0.25) is 0 Å². The van der Waals surface area contributed by atoms with E-state index in [2.05, 4.69) is 25.9 Å². The van der Waals surface area contributed by atoms with E-state index >= 15 is 0 Å². The van der Waals surface area contributed by atoms with Gasteiger partial charge in [-0.25, -0.2) is 4.98 Å². The first-order valence-electron chi connectivity index (χ1n) is 4.96. The maximum absolute atomic E-state index is 8.85. The van der Waals surface area contributed by atoms with E-state index in [4.69, 9.17) is 15.7 Å². The largest absolute Gasteiger partial charge is 0.477 e. The van der Waals surface area contributed by atoms with E-state index in [1.54, 1.807) is 12.1 Å². The summed E-state index contributed by atoms with van der Waals surface area (Å²) in [6, 6.07) is 5.36. The van der Waals surface area contributed by atoms with E-state index in [-0.39, 0.29) is 5.82 Å². The molecule has 5 nitrogen and oxygen atoms in total. The zero-order chi connectivity index (χ0) is 12.4. The predicted octanol–water partition coefficient (Wildman–Crippen LogP) is 2.24. The van der Waals surface area contributed by atoms with Gasteiger partial charge in [-0.2, -0.15) is 10.2 Å². The molecule has 0 aliphatic heterocycles. The molecular weight excluding hydrogens is 284 g/mol. The summed E-state index contributed by atoms with van der Waals surface area (Å²) in [5.74, 6) is 0.450. The van der Waals surface area contributed by atoms with Gasteiger partial charge in [-0.3, -0.25) is 0 Å². The van der Waals surface area contributed by atoms with Crippen molar-refractivity contribution in [2.45, 2.75) is 6.92 Å². The fourth-order valence-corrected chi connectivity index (χ4v) is 1.97. The van der Waals surface area contributed by atoms with E-state index in [0.717, 1.165) is 0 Å². The zero-order valence-corrected chi connectivity index (χ0v) is 10.7. The summed E-state index contributed by atoms with van der Waals surface area (Å²) in [5.41, 5.74) is 7.00. The van der Waals surface area contributed by atoms with Crippen molar-refractivity contribution in [3.05, 3.63) is 22.4 Å². The molecule has 0 amide bonds. The number of nitrogens with zero attached hydrogens (tertiary/aromatic N) is 3. The molecule has 2 N–H and O–H groups in total. The summed E-state index contributed by atoms with van der Waals surface area (Å²) < 4.78 is 6.09. The lowest BCUT2D eigenvalue weighted by molar-refractivity contribution is 0.330. The number of nitrogens with two attached hydrogens (primary N) is 1. The second-order valence-electron chi connectivity index (χ2n) is 3.26. The number of hydrogen-bond acceptors (Lipinski definition) is 5. The Morgan fingerprint density at radius 1 is 1.47 bits per heavy atom. The number of halogens is 1. The third kappa shape index (κ3) is 2.01. The molecular formula is C11H9BrN4O. The third-order valence-electron chi connectivity index (χ3n) is 2.18. The number of anilines is 1. The van der Waals surface area contributed by atoms with Gasteiger partial charge in [-0.05, 0) is 35.0 Å². The van der Waals surface area contributed by atoms with Gasteiger partial charge in [-0.15, -0.1) is 0 Å². The zero-order valence-electron chi connectivity index (χ0n) is 9.07. The maximum atomic E-state index is 8.85. The van der Waals surface area contributed by atoms with E-state index in [0.29, 0.717) is 33.5 Å². The quantitative estimate of drug-likeness (QED) is 0.858. The number of aromatic nitrogens is 2. The first-order chi connectivity index (χ1) is 8.17. The highest BCUT2D eigenvalue weighted by molar-refractivity contribution is 9.10. The fourth-order valence-electron chi connectivity index (χ4n) is 1.46. The SMILES string of the molecule is CCOc1nc(C#N)nc2ccc(N)c(Br)c12. The monoisotopic (exact) mass is 292 g/mol. The lowest BCUT2D eigenvalue weighted by Gasteiger charge is -2.09. The number of benzene rings is 1. The Hall–Kier alpha value is -1.87. The van der Waals surface area contributed by atoms with Crippen molar-refractivity contribution in [2.75, 3.05) is 12.3 Å². The van der Waals surface area contributed by atoms with Crippen LogP contribution in [0.1, 0.15) is 12.7 Å². The number of hydrogen-bond donors (Lipinski definition) is 1. The molecule has 1 aromatic carbocycles. The molecule has 6 heteroatoms. The van der Waals surface area contributed by atoms with Crippen molar-refractivity contribution in [3.8, 4) is 11.9 Å². The summed E-state index contributed by atoms with van der Waals surface area (Å²) in [5, 5.41) is 9.53. The molecule has 0 aliphatic carbocycles. The van der Waals surface area contributed by atoms with Gasteiger partial charge in [0.15, 0.2) is 0 Å². The Labute approximate surface area is 106 Å². The van der Waals surface area contributed by atoms with Crippen LogP contribution in [-0.2, 0) is 0 Å². The van der Waals surface area contributed by atoms with Crippen LogP contribution in [-0.4, -0.2) is 16.6 Å². The third-order valence-corrected chi connectivity index (χ3v) is 3.03. The summed E-state index contributed by atoms with van der Waals surface area (Å²) in [4.78, 5) is 8.13. The molecule has 0 bridgehead atoms. The number of nitriles is 1. The molecule has 86 valence electrons. The van der Waals surface area contributed by atoms with Crippen LogP contribution < -0.4 is 10.5 Å². The lowest BCUT2D eigenvalue weighted by atomic mass is 10.2. The Bertz CT molecular complexity index is 621. The normalized spacial score (nSPS) is 10.2. The highest BCUT2D eigenvalue weighted by atomic mass is 79.9. The van der Waals surface area contributed by atoms with Crippen LogP contribution in [0.25, 0.3) is 10.9 Å². The highest BCUT2D eigenvalue weighted by Crippen LogP contribution is 2.34. The van der Waals surface area contributed by atoms with Gasteiger partial charge >= 0.3 is 0 Å². The van der Waals surface area contributed by atoms with E-state index in [9.17, 15) is 0 Å². The Morgan fingerprint density at radius 2 is 2.24 bits per heavy atom. The molecule has 2 rings (SSSR count). The molecule has 17 heavy (non-hydrogen) atoms. The van der Waals surface area contributed by atoms with Crippen LogP contribution in [0.4, 0.5) is 5.69 Å². The molecule has 0 spiro atoms. The molecule has 1 aromatic heterocycles. The molecule has 0 unspecified atom stereocenters. The highest BCUT2D eigenvalue weighted by Gasteiger charge is 2.13. The van der Waals surface area contributed by atoms with Gasteiger partial charge in [0.05, 0.1) is 22.0 Å². The molecule has 0 fully saturated rings. The van der Waals surface area contributed by atoms with E-state index in [1.165, 1.54) is 0 Å². The van der Waals surface area contributed by atoms with Crippen LogP contribution in [0, 0.1) is 11.3 Å². The van der Waals surface area contributed by atoms with Crippen LogP contribution in [0.5, 0.6) is 5.88 Å². The molecule has 0 saturated carbocycles. The van der Waals surface area contributed by atoms with Gasteiger partial charge in [0, 0.05) is 5.69 Å². The van der Waals surface area contributed by atoms with Crippen molar-refractivity contribution >= 4 is 32.5 Å². The Morgan fingerprint density at radius 3 is 2.88 bits per heavy atom. The average Bonchev–Trinajstić information content (AvgIpc) is 2.33. The van der Waals surface area contributed by atoms with Gasteiger partial charge in [-0.1, -0.05) is 0 Å². The summed E-state index contributed by atoms with van der Waals surface area (Å²) in [6.45, 7) is 2.30. The average molecular weight is 293 g/mol. The van der Waals surface area contributed by atoms with Crippen LogP contribution in [0.15, 0.2) is 16.6 Å². The Balaban J connectivity index is 2.83. The van der Waals surface area contributed by atoms with Crippen molar-refractivity contribution in [1.82, 2.24) is 9.97 Å². The molecule has 0 radical (unpaired) electrons. The maximum Gasteiger partial charge on any atom is 0.236 e.